The number of pyridine rings is 2. The third-order valence-corrected chi connectivity index (χ3v) is 6.70. The van der Waals surface area contributed by atoms with Crippen molar-refractivity contribution >= 4 is 38.3 Å². The van der Waals surface area contributed by atoms with E-state index < -0.39 is 5.60 Å². The monoisotopic (exact) mass is 533 g/mol. The van der Waals surface area contributed by atoms with Crippen molar-refractivity contribution in [1.82, 2.24) is 20.2 Å². The fourth-order valence-electron chi connectivity index (χ4n) is 3.70. The number of aliphatic hydroxyl groups is 1. The Bertz CT molecular complexity index is 1160. The third-order valence-electron chi connectivity index (χ3n) is 5.53. The first-order valence-electron chi connectivity index (χ1n) is 10.4. The van der Waals surface area contributed by atoms with Gasteiger partial charge in [-0.1, -0.05) is 5.10 Å². The van der Waals surface area contributed by atoms with Gasteiger partial charge in [0.25, 0.3) is 11.1 Å². The summed E-state index contributed by atoms with van der Waals surface area (Å²) in [6, 6.07) is 3.62. The second-order valence-corrected chi connectivity index (χ2v) is 9.97. The van der Waals surface area contributed by atoms with Gasteiger partial charge in [0.15, 0.2) is 0 Å². The van der Waals surface area contributed by atoms with E-state index >= 15 is 0 Å². The van der Waals surface area contributed by atoms with Crippen molar-refractivity contribution < 1.29 is 19.4 Å². The third kappa shape index (κ3) is 5.66. The van der Waals surface area contributed by atoms with Crippen LogP contribution in [0.5, 0.6) is 10.9 Å². The number of aryl methyl sites for hydroxylation is 1. The van der Waals surface area contributed by atoms with Gasteiger partial charge < -0.3 is 14.6 Å². The first-order valence-corrected chi connectivity index (χ1v) is 12.1. The van der Waals surface area contributed by atoms with Gasteiger partial charge in [-0.05, 0) is 78.9 Å². The molecule has 1 aliphatic rings. The van der Waals surface area contributed by atoms with Crippen molar-refractivity contribution in [1.29, 1.82) is 0 Å². The summed E-state index contributed by atoms with van der Waals surface area (Å²) in [6.45, 7) is 3.70. The van der Waals surface area contributed by atoms with Crippen molar-refractivity contribution in [3.63, 3.8) is 0 Å². The van der Waals surface area contributed by atoms with E-state index in [1.165, 1.54) is 6.20 Å². The van der Waals surface area contributed by atoms with E-state index in [1.54, 1.807) is 19.4 Å². The Morgan fingerprint density at radius 1 is 1.21 bits per heavy atom. The van der Waals surface area contributed by atoms with Crippen LogP contribution in [0.25, 0.3) is 11.1 Å². The molecule has 1 fully saturated rings. The number of nitrogens with one attached hydrogen (secondary N) is 1. The number of amides is 1. The number of aromatic nitrogens is 4. The minimum absolute atomic E-state index is 0.0211. The first-order chi connectivity index (χ1) is 15.7. The van der Waals surface area contributed by atoms with Crippen LogP contribution in [-0.2, 0) is 0 Å². The molecule has 0 spiro atoms. The van der Waals surface area contributed by atoms with Gasteiger partial charge in [-0.2, -0.15) is 0 Å². The van der Waals surface area contributed by atoms with Crippen molar-refractivity contribution in [3.8, 4) is 22.1 Å². The largest absolute Gasteiger partial charge is 0.494 e. The maximum atomic E-state index is 13.1. The highest BCUT2D eigenvalue weighted by Crippen LogP contribution is 2.35. The van der Waals surface area contributed by atoms with Gasteiger partial charge in [0.05, 0.1) is 24.5 Å². The SMILES string of the molecule is COc1cnc(Br)cc1-c1cc(C)ncc1C(=O)Nc1nnc(O[C@H]2CC[C@@](C)(O)CC2)s1. The molecular formula is C22H24BrN5O4S. The van der Waals surface area contributed by atoms with Crippen molar-refractivity contribution in [2.24, 2.45) is 0 Å². The lowest BCUT2D eigenvalue weighted by Crippen LogP contribution is -2.34. The Morgan fingerprint density at radius 2 is 1.97 bits per heavy atom. The number of carbonyl (C=O) groups is 1. The quantitative estimate of drug-likeness (QED) is 0.447. The Labute approximate surface area is 203 Å². The number of hydrogen-bond donors (Lipinski definition) is 2. The summed E-state index contributed by atoms with van der Waals surface area (Å²) < 4.78 is 12.0. The molecule has 9 nitrogen and oxygen atoms in total. The molecule has 1 amide bonds. The molecule has 0 bridgehead atoms. The van der Waals surface area contributed by atoms with Crippen LogP contribution in [0.4, 0.5) is 5.13 Å². The maximum absolute atomic E-state index is 13.1. The lowest BCUT2D eigenvalue weighted by molar-refractivity contribution is -0.0110. The van der Waals surface area contributed by atoms with Gasteiger partial charge in [0, 0.05) is 23.0 Å². The molecule has 3 heterocycles. The predicted octanol–water partition coefficient (Wildman–Crippen LogP) is 4.40. The van der Waals surface area contributed by atoms with Gasteiger partial charge in [-0.25, -0.2) is 4.98 Å². The molecule has 3 aromatic rings. The highest BCUT2D eigenvalue weighted by Gasteiger charge is 2.30. The van der Waals surface area contributed by atoms with Crippen LogP contribution in [0.15, 0.2) is 29.1 Å². The zero-order chi connectivity index (χ0) is 23.6. The minimum atomic E-state index is -0.632. The molecule has 0 saturated heterocycles. The first kappa shape index (κ1) is 23.5. The number of anilines is 1. The van der Waals surface area contributed by atoms with Crippen LogP contribution in [0.1, 0.15) is 48.7 Å². The Balaban J connectivity index is 1.52. The van der Waals surface area contributed by atoms with E-state index in [4.69, 9.17) is 9.47 Å². The number of carbonyl (C=O) groups excluding carboxylic acids is 1. The van der Waals surface area contributed by atoms with Crippen molar-refractivity contribution in [2.45, 2.75) is 51.2 Å². The molecule has 1 aliphatic carbocycles. The molecule has 2 N–H and O–H groups in total. The summed E-state index contributed by atoms with van der Waals surface area (Å²) in [4.78, 5) is 21.6. The Kier molecular flexibility index (Phi) is 6.91. The van der Waals surface area contributed by atoms with Crippen LogP contribution in [-0.4, -0.2) is 50.0 Å². The summed E-state index contributed by atoms with van der Waals surface area (Å²) in [5.41, 5.74) is 1.87. The summed E-state index contributed by atoms with van der Waals surface area (Å²) >= 11 is 4.54. The molecule has 174 valence electrons. The normalized spacial score (nSPS) is 20.3. The average Bonchev–Trinajstić information content (AvgIpc) is 3.21. The van der Waals surface area contributed by atoms with Gasteiger partial charge in [0.1, 0.15) is 16.5 Å². The van der Waals surface area contributed by atoms with E-state index in [0.29, 0.717) is 50.2 Å². The number of ether oxygens (including phenoxy) is 2. The maximum Gasteiger partial charge on any atom is 0.296 e. The van der Waals surface area contributed by atoms with Crippen molar-refractivity contribution in [2.75, 3.05) is 12.4 Å². The highest BCUT2D eigenvalue weighted by atomic mass is 79.9. The number of methoxy groups -OCH3 is 1. The van der Waals surface area contributed by atoms with Crippen LogP contribution < -0.4 is 14.8 Å². The van der Waals surface area contributed by atoms with Gasteiger partial charge in [-0.3, -0.25) is 15.1 Å². The molecule has 0 aliphatic heterocycles. The summed E-state index contributed by atoms with van der Waals surface area (Å²) in [7, 11) is 1.55. The van der Waals surface area contributed by atoms with Gasteiger partial charge in [0.2, 0.25) is 5.13 Å². The van der Waals surface area contributed by atoms with E-state index in [1.807, 2.05) is 19.9 Å². The van der Waals surface area contributed by atoms with Crippen LogP contribution >= 0.6 is 27.3 Å². The van der Waals surface area contributed by atoms with Gasteiger partial charge >= 0.3 is 0 Å². The minimum Gasteiger partial charge on any atom is -0.494 e. The molecule has 0 aromatic carbocycles. The van der Waals surface area contributed by atoms with Crippen LogP contribution in [0, 0.1) is 6.92 Å². The zero-order valence-corrected chi connectivity index (χ0v) is 20.9. The zero-order valence-electron chi connectivity index (χ0n) is 18.5. The van der Waals surface area contributed by atoms with Crippen LogP contribution in [0.3, 0.4) is 0 Å². The van der Waals surface area contributed by atoms with E-state index in [2.05, 4.69) is 41.4 Å². The summed E-state index contributed by atoms with van der Waals surface area (Å²) in [6.07, 6.45) is 5.95. The number of hydrogen-bond acceptors (Lipinski definition) is 9. The second kappa shape index (κ2) is 9.70. The molecule has 0 radical (unpaired) electrons. The molecule has 3 aromatic heterocycles. The van der Waals surface area contributed by atoms with E-state index in [0.717, 1.165) is 29.9 Å². The number of halogens is 1. The van der Waals surface area contributed by atoms with Gasteiger partial charge in [-0.15, -0.1) is 5.10 Å². The molecule has 11 heteroatoms. The molecule has 33 heavy (non-hydrogen) atoms. The van der Waals surface area contributed by atoms with Crippen molar-refractivity contribution in [3.05, 3.63) is 40.4 Å². The smallest absolute Gasteiger partial charge is 0.296 e. The summed E-state index contributed by atoms with van der Waals surface area (Å²) in [5.74, 6) is 0.166. The Morgan fingerprint density at radius 3 is 2.70 bits per heavy atom. The highest BCUT2D eigenvalue weighted by molar-refractivity contribution is 9.10. The van der Waals surface area contributed by atoms with E-state index in [9.17, 15) is 9.90 Å². The average molecular weight is 534 g/mol. The topological polar surface area (TPSA) is 119 Å². The fourth-order valence-corrected chi connectivity index (χ4v) is 4.69. The molecule has 0 unspecified atom stereocenters. The molecular weight excluding hydrogens is 510 g/mol. The fraction of sp³-hybridized carbons (Fsp3) is 0.409. The second-order valence-electron chi connectivity index (χ2n) is 8.22. The molecule has 1 saturated carbocycles. The number of rotatable bonds is 6. The standard InChI is InChI=1S/C22H24BrN5O4S/c1-12-8-14(15-9-18(23)25-11-17(15)31-3)16(10-24-12)19(29)26-20-27-28-21(33-20)32-13-4-6-22(2,30)7-5-13/h8-11,13,30H,4-7H2,1-3H3,(H,26,27,29)/t13-,22+. The van der Waals surface area contributed by atoms with Crippen LogP contribution in [0.2, 0.25) is 0 Å². The summed E-state index contributed by atoms with van der Waals surface area (Å²) in [5, 5.41) is 21.7. The Hall–Kier alpha value is -2.63. The lowest BCUT2D eigenvalue weighted by atomic mass is 9.85. The number of nitrogens with zero attached hydrogens (tertiary/aromatic N) is 4. The molecule has 4 rings (SSSR count). The lowest BCUT2D eigenvalue weighted by Gasteiger charge is -2.32. The predicted molar refractivity (Wildman–Crippen MR) is 128 cm³/mol. The molecule has 0 atom stereocenters. The van der Waals surface area contributed by atoms with E-state index in [-0.39, 0.29) is 12.0 Å².